The van der Waals surface area contributed by atoms with Gasteiger partial charge in [0.05, 0.1) is 11.1 Å². The maximum absolute atomic E-state index is 10.9. The zero-order chi connectivity index (χ0) is 20.5. The Morgan fingerprint density at radius 1 is 1.10 bits per heavy atom. The van der Waals surface area contributed by atoms with Gasteiger partial charge in [0.25, 0.3) is 11.6 Å². The molecule has 10 nitrogen and oxygen atoms in total. The number of benzene rings is 2. The minimum atomic E-state index is -0.448. The lowest BCUT2D eigenvalue weighted by molar-refractivity contribution is -0.384. The average Bonchev–Trinajstić information content (AvgIpc) is 3.38. The molecule has 2 N–H and O–H groups in total. The summed E-state index contributed by atoms with van der Waals surface area (Å²) < 4.78 is 5.68. The molecular weight excluding hydrogens is 386 g/mol. The van der Waals surface area contributed by atoms with Crippen molar-refractivity contribution in [3.63, 3.8) is 0 Å². The molecule has 0 spiro atoms. The highest BCUT2D eigenvalue weighted by molar-refractivity contribution is 6.03. The van der Waals surface area contributed by atoms with Crippen molar-refractivity contribution in [2.45, 2.75) is 0 Å². The Bertz CT molecular complexity index is 1420. The fraction of sp³-hybridized carbons (Fsp3) is 0. The van der Waals surface area contributed by atoms with Crippen LogP contribution in [0.3, 0.4) is 0 Å². The lowest BCUT2D eigenvalue weighted by Gasteiger charge is -1.97. The van der Waals surface area contributed by atoms with E-state index in [0.29, 0.717) is 28.2 Å². The summed E-state index contributed by atoms with van der Waals surface area (Å²) in [6.07, 6.45) is 1.46. The van der Waals surface area contributed by atoms with Crippen LogP contribution in [-0.4, -0.2) is 31.3 Å². The van der Waals surface area contributed by atoms with E-state index >= 15 is 0 Å². The number of hydrogen-bond acceptors (Lipinski definition) is 8. The number of nitro groups is 1. The molecule has 3 heterocycles. The predicted octanol–water partition coefficient (Wildman–Crippen LogP) is 4.12. The zero-order valence-corrected chi connectivity index (χ0v) is 15.3. The molecule has 0 amide bonds. The minimum absolute atomic E-state index is 0.00203. The van der Waals surface area contributed by atoms with E-state index in [2.05, 4.69) is 30.7 Å². The largest absolute Gasteiger partial charge is 0.455 e. The number of para-hydroxylation sites is 1. The molecule has 0 fully saturated rings. The lowest BCUT2D eigenvalue weighted by atomic mass is 10.1. The molecule has 30 heavy (non-hydrogen) atoms. The monoisotopic (exact) mass is 399 g/mol. The molecule has 0 unspecified atom stereocenters. The third kappa shape index (κ3) is 3.22. The van der Waals surface area contributed by atoms with Crippen molar-refractivity contribution < 1.29 is 9.34 Å². The van der Waals surface area contributed by atoms with Crippen molar-refractivity contribution in [1.29, 1.82) is 0 Å². The smallest absolute Gasteiger partial charge is 0.270 e. The SMILES string of the molecule is O=[N+]([O-])c1cccc(-c2ccc(/C=N\Nc3nnc4c(n3)[nH]c3ccccc34)o2)c1. The van der Waals surface area contributed by atoms with Gasteiger partial charge in [0.15, 0.2) is 5.65 Å². The quantitative estimate of drug-likeness (QED) is 0.258. The maximum atomic E-state index is 10.9. The minimum Gasteiger partial charge on any atom is -0.455 e. The van der Waals surface area contributed by atoms with E-state index < -0.39 is 4.92 Å². The highest BCUT2D eigenvalue weighted by Gasteiger charge is 2.10. The second kappa shape index (κ2) is 7.09. The number of anilines is 1. The molecule has 0 atom stereocenters. The van der Waals surface area contributed by atoms with Gasteiger partial charge >= 0.3 is 0 Å². The van der Waals surface area contributed by atoms with E-state index in [-0.39, 0.29) is 11.6 Å². The molecule has 0 radical (unpaired) electrons. The standard InChI is InChI=1S/C20H13N7O3/c28-27(29)13-5-3-4-12(10-13)17-9-8-14(30-17)11-21-25-20-23-19-18(24-26-20)15-6-1-2-7-16(15)22-19/h1-11H,(H2,22,23,25,26)/b21-11-. The van der Waals surface area contributed by atoms with Crippen LogP contribution < -0.4 is 5.43 Å². The van der Waals surface area contributed by atoms with Crippen molar-refractivity contribution in [3.05, 3.63) is 76.5 Å². The van der Waals surface area contributed by atoms with Gasteiger partial charge in [-0.25, -0.2) is 5.43 Å². The summed E-state index contributed by atoms with van der Waals surface area (Å²) in [4.78, 5) is 18.0. The van der Waals surface area contributed by atoms with Crippen molar-refractivity contribution in [3.8, 4) is 11.3 Å². The molecule has 0 aliphatic carbocycles. The van der Waals surface area contributed by atoms with Crippen LogP contribution in [0, 0.1) is 10.1 Å². The molecule has 10 heteroatoms. The number of furan rings is 1. The van der Waals surface area contributed by atoms with Gasteiger partial charge in [-0.2, -0.15) is 10.1 Å². The first-order chi connectivity index (χ1) is 14.7. The summed E-state index contributed by atoms with van der Waals surface area (Å²) in [7, 11) is 0. The fourth-order valence-electron chi connectivity index (χ4n) is 3.07. The van der Waals surface area contributed by atoms with Crippen LogP contribution in [0.5, 0.6) is 0 Å². The Morgan fingerprint density at radius 2 is 2.00 bits per heavy atom. The van der Waals surface area contributed by atoms with Gasteiger partial charge in [-0.3, -0.25) is 10.1 Å². The van der Waals surface area contributed by atoms with Crippen LogP contribution >= 0.6 is 0 Å². The molecule has 0 saturated carbocycles. The molecule has 0 bridgehead atoms. The second-order valence-electron chi connectivity index (χ2n) is 6.38. The fourth-order valence-corrected chi connectivity index (χ4v) is 3.07. The summed E-state index contributed by atoms with van der Waals surface area (Å²) in [6.45, 7) is 0. The van der Waals surface area contributed by atoms with Crippen molar-refractivity contribution in [1.82, 2.24) is 20.2 Å². The Hall–Kier alpha value is -4.60. The Kier molecular flexibility index (Phi) is 4.14. The normalized spacial score (nSPS) is 11.5. The van der Waals surface area contributed by atoms with Crippen LogP contribution in [0.4, 0.5) is 11.6 Å². The first-order valence-corrected chi connectivity index (χ1v) is 8.92. The van der Waals surface area contributed by atoms with Crippen LogP contribution in [-0.2, 0) is 0 Å². The number of nitrogens with zero attached hydrogens (tertiary/aromatic N) is 5. The number of rotatable bonds is 5. The third-order valence-electron chi connectivity index (χ3n) is 4.45. The number of aromatic nitrogens is 4. The number of nitro benzene ring substituents is 1. The number of hydrogen-bond donors (Lipinski definition) is 2. The molecule has 3 aromatic heterocycles. The van der Waals surface area contributed by atoms with Gasteiger partial charge in [-0.05, 0) is 18.2 Å². The van der Waals surface area contributed by atoms with Gasteiger partial charge in [0.1, 0.15) is 17.0 Å². The molecular formula is C20H13N7O3. The van der Waals surface area contributed by atoms with Gasteiger partial charge in [0.2, 0.25) is 0 Å². The first kappa shape index (κ1) is 17.5. The Morgan fingerprint density at radius 3 is 2.90 bits per heavy atom. The number of H-pyrrole nitrogens is 1. The summed E-state index contributed by atoms with van der Waals surface area (Å²) >= 11 is 0. The van der Waals surface area contributed by atoms with E-state index in [1.54, 1.807) is 24.3 Å². The van der Waals surface area contributed by atoms with Crippen molar-refractivity contribution in [2.75, 3.05) is 5.43 Å². The number of nitrogens with one attached hydrogen (secondary N) is 2. The Balaban J connectivity index is 1.33. The average molecular weight is 399 g/mol. The van der Waals surface area contributed by atoms with E-state index in [1.165, 1.54) is 18.3 Å². The lowest BCUT2D eigenvalue weighted by Crippen LogP contribution is -1.98. The molecule has 2 aromatic carbocycles. The van der Waals surface area contributed by atoms with Crippen LogP contribution in [0.25, 0.3) is 33.4 Å². The van der Waals surface area contributed by atoms with Gasteiger partial charge < -0.3 is 9.40 Å². The summed E-state index contributed by atoms with van der Waals surface area (Å²) in [5.41, 5.74) is 5.55. The topological polar surface area (TPSA) is 135 Å². The molecule has 0 aliphatic rings. The molecule has 5 rings (SSSR count). The van der Waals surface area contributed by atoms with E-state index in [0.717, 1.165) is 10.9 Å². The third-order valence-corrected chi connectivity index (χ3v) is 4.45. The zero-order valence-electron chi connectivity index (χ0n) is 15.3. The molecule has 146 valence electrons. The van der Waals surface area contributed by atoms with Crippen LogP contribution in [0.2, 0.25) is 0 Å². The summed E-state index contributed by atoms with van der Waals surface area (Å²) in [6, 6.07) is 17.4. The Labute approximate surface area is 168 Å². The van der Waals surface area contributed by atoms with Gasteiger partial charge in [0, 0.05) is 28.6 Å². The second-order valence-corrected chi connectivity index (χ2v) is 6.38. The van der Waals surface area contributed by atoms with Gasteiger partial charge in [-0.15, -0.1) is 10.2 Å². The predicted molar refractivity (Wildman–Crippen MR) is 111 cm³/mol. The molecule has 5 aromatic rings. The highest BCUT2D eigenvalue weighted by Crippen LogP contribution is 2.25. The highest BCUT2D eigenvalue weighted by atomic mass is 16.6. The van der Waals surface area contributed by atoms with E-state index in [4.69, 9.17) is 4.42 Å². The molecule has 0 aliphatic heterocycles. The van der Waals surface area contributed by atoms with Crippen molar-refractivity contribution >= 4 is 39.9 Å². The van der Waals surface area contributed by atoms with Crippen molar-refractivity contribution in [2.24, 2.45) is 5.10 Å². The summed E-state index contributed by atoms with van der Waals surface area (Å²) in [5, 5.41) is 24.2. The number of aromatic amines is 1. The van der Waals surface area contributed by atoms with Gasteiger partial charge in [-0.1, -0.05) is 30.3 Å². The van der Waals surface area contributed by atoms with Crippen LogP contribution in [0.1, 0.15) is 5.76 Å². The number of non-ortho nitro benzene ring substituents is 1. The maximum Gasteiger partial charge on any atom is 0.270 e. The number of fused-ring (bicyclic) bond motifs is 3. The number of hydrazone groups is 1. The first-order valence-electron chi connectivity index (χ1n) is 8.92. The van der Waals surface area contributed by atoms with E-state index in [1.807, 2.05) is 24.3 Å². The molecule has 0 saturated heterocycles. The summed E-state index contributed by atoms with van der Waals surface area (Å²) in [5.74, 6) is 1.19. The van der Waals surface area contributed by atoms with Crippen LogP contribution in [0.15, 0.2) is 70.2 Å². The van der Waals surface area contributed by atoms with E-state index in [9.17, 15) is 10.1 Å².